The van der Waals surface area contributed by atoms with Gasteiger partial charge in [0, 0.05) is 6.20 Å². The Morgan fingerprint density at radius 2 is 2.00 bits per heavy atom. The fourth-order valence-corrected chi connectivity index (χ4v) is 1.16. The zero-order valence-corrected chi connectivity index (χ0v) is 8.45. The van der Waals surface area contributed by atoms with E-state index in [0.717, 1.165) is 0 Å². The molecule has 5 heteroatoms. The maximum atomic E-state index is 9.56. The molecule has 0 aliphatic carbocycles. The van der Waals surface area contributed by atoms with Crippen molar-refractivity contribution in [2.45, 2.75) is 6.41 Å². The molecule has 0 amide bonds. The van der Waals surface area contributed by atoms with E-state index in [1.807, 2.05) is 18.2 Å². The molecule has 1 unspecified atom stereocenters. The van der Waals surface area contributed by atoms with Crippen molar-refractivity contribution < 1.29 is 9.84 Å². The maximum absolute atomic E-state index is 9.56. The second-order valence-corrected chi connectivity index (χ2v) is 3.02. The van der Waals surface area contributed by atoms with Gasteiger partial charge in [-0.2, -0.15) is 0 Å². The van der Waals surface area contributed by atoms with Crippen molar-refractivity contribution in [1.82, 2.24) is 9.97 Å². The summed E-state index contributed by atoms with van der Waals surface area (Å²) in [5, 5.41) is 12.2. The van der Waals surface area contributed by atoms with Crippen LogP contribution in [0.2, 0.25) is 0 Å². The van der Waals surface area contributed by atoms with Gasteiger partial charge in [-0.1, -0.05) is 18.2 Å². The van der Waals surface area contributed by atoms with Crippen molar-refractivity contribution in [2.75, 3.05) is 5.32 Å². The van der Waals surface area contributed by atoms with Gasteiger partial charge in [-0.15, -0.1) is 0 Å². The standard InChI is InChI=1S/C11H11N3O2/c15-11(14-10-6-7-12-8-13-10)16-9-4-2-1-3-5-9/h1-8,11,15H,(H,12,13,14). The Morgan fingerprint density at radius 3 is 2.69 bits per heavy atom. The van der Waals surface area contributed by atoms with E-state index >= 15 is 0 Å². The summed E-state index contributed by atoms with van der Waals surface area (Å²) in [6.45, 7) is 0. The second-order valence-electron chi connectivity index (χ2n) is 3.02. The normalized spacial score (nSPS) is 11.8. The zero-order valence-electron chi connectivity index (χ0n) is 8.45. The van der Waals surface area contributed by atoms with Crippen LogP contribution in [0, 0.1) is 0 Å². The SMILES string of the molecule is OC(Nc1ccncn1)Oc1ccccc1. The van der Waals surface area contributed by atoms with E-state index in [2.05, 4.69) is 15.3 Å². The molecular formula is C11H11N3O2. The molecule has 0 aliphatic heterocycles. The Morgan fingerprint density at radius 1 is 1.19 bits per heavy atom. The van der Waals surface area contributed by atoms with Crippen LogP contribution in [0.4, 0.5) is 5.82 Å². The topological polar surface area (TPSA) is 67.3 Å². The van der Waals surface area contributed by atoms with Crippen LogP contribution >= 0.6 is 0 Å². The predicted molar refractivity (Wildman–Crippen MR) is 58.7 cm³/mol. The number of para-hydroxylation sites is 1. The molecule has 16 heavy (non-hydrogen) atoms. The van der Waals surface area contributed by atoms with Crippen molar-refractivity contribution in [3.8, 4) is 5.75 Å². The van der Waals surface area contributed by atoms with E-state index in [9.17, 15) is 5.11 Å². The molecule has 0 fully saturated rings. The quantitative estimate of drug-likeness (QED) is 0.754. The van der Waals surface area contributed by atoms with Crippen LogP contribution in [0.1, 0.15) is 0 Å². The van der Waals surface area contributed by atoms with Crippen LogP contribution in [-0.2, 0) is 0 Å². The summed E-state index contributed by atoms with van der Waals surface area (Å²) in [7, 11) is 0. The summed E-state index contributed by atoms with van der Waals surface area (Å²) in [6, 6.07) is 10.7. The number of aromatic nitrogens is 2. The molecule has 0 saturated carbocycles. The number of hydrogen-bond donors (Lipinski definition) is 2. The van der Waals surface area contributed by atoms with Crippen LogP contribution in [0.15, 0.2) is 48.9 Å². The van der Waals surface area contributed by atoms with Gasteiger partial charge in [0.15, 0.2) is 0 Å². The number of hydrogen-bond acceptors (Lipinski definition) is 5. The number of benzene rings is 1. The first kappa shape index (κ1) is 10.4. The third kappa shape index (κ3) is 2.93. The molecule has 82 valence electrons. The summed E-state index contributed by atoms with van der Waals surface area (Å²) in [4.78, 5) is 7.66. The molecule has 1 heterocycles. The van der Waals surface area contributed by atoms with E-state index < -0.39 is 6.41 Å². The molecule has 0 radical (unpaired) electrons. The molecule has 2 rings (SSSR count). The van der Waals surface area contributed by atoms with E-state index in [4.69, 9.17) is 4.74 Å². The highest BCUT2D eigenvalue weighted by Crippen LogP contribution is 2.10. The largest absolute Gasteiger partial charge is 0.447 e. The molecule has 0 bridgehead atoms. The molecule has 1 aromatic carbocycles. The van der Waals surface area contributed by atoms with Crippen molar-refractivity contribution in [3.05, 3.63) is 48.9 Å². The first-order chi connectivity index (χ1) is 7.84. The lowest BCUT2D eigenvalue weighted by Gasteiger charge is -2.14. The number of anilines is 1. The maximum Gasteiger partial charge on any atom is 0.280 e. The Balaban J connectivity index is 1.92. The van der Waals surface area contributed by atoms with Crippen molar-refractivity contribution in [1.29, 1.82) is 0 Å². The minimum Gasteiger partial charge on any atom is -0.447 e. The Hall–Kier alpha value is -2.14. The van der Waals surface area contributed by atoms with Gasteiger partial charge >= 0.3 is 0 Å². The average molecular weight is 217 g/mol. The third-order valence-electron chi connectivity index (χ3n) is 1.84. The van der Waals surface area contributed by atoms with E-state index in [-0.39, 0.29) is 0 Å². The number of nitrogens with zero attached hydrogens (tertiary/aromatic N) is 2. The Bertz CT molecular complexity index is 380. The summed E-state index contributed by atoms with van der Waals surface area (Å²) >= 11 is 0. The van der Waals surface area contributed by atoms with Crippen LogP contribution in [0.3, 0.4) is 0 Å². The lowest BCUT2D eigenvalue weighted by atomic mass is 10.3. The van der Waals surface area contributed by atoms with Crippen molar-refractivity contribution >= 4 is 5.82 Å². The fraction of sp³-hybridized carbons (Fsp3) is 0.0909. The number of rotatable bonds is 4. The highest BCUT2D eigenvalue weighted by atomic mass is 16.6. The number of ether oxygens (including phenoxy) is 1. The third-order valence-corrected chi connectivity index (χ3v) is 1.84. The van der Waals surface area contributed by atoms with Gasteiger partial charge in [0.1, 0.15) is 17.9 Å². The van der Waals surface area contributed by atoms with Crippen molar-refractivity contribution in [3.63, 3.8) is 0 Å². The number of aliphatic hydroxyl groups excluding tert-OH is 1. The summed E-state index contributed by atoms with van der Waals surface area (Å²) < 4.78 is 5.20. The van der Waals surface area contributed by atoms with Crippen LogP contribution < -0.4 is 10.1 Å². The molecule has 2 N–H and O–H groups in total. The average Bonchev–Trinajstić information content (AvgIpc) is 2.31. The highest BCUT2D eigenvalue weighted by molar-refractivity contribution is 5.32. The molecular weight excluding hydrogens is 206 g/mol. The zero-order chi connectivity index (χ0) is 11.2. The number of aliphatic hydroxyl groups is 1. The van der Waals surface area contributed by atoms with Crippen molar-refractivity contribution in [2.24, 2.45) is 0 Å². The lowest BCUT2D eigenvalue weighted by Crippen LogP contribution is -2.26. The number of nitrogens with one attached hydrogen (secondary N) is 1. The minimum atomic E-state index is -1.14. The molecule has 2 aromatic rings. The van der Waals surface area contributed by atoms with Gasteiger partial charge in [-0.05, 0) is 18.2 Å². The second kappa shape index (κ2) is 5.09. The molecule has 0 saturated heterocycles. The van der Waals surface area contributed by atoms with Gasteiger partial charge < -0.3 is 15.2 Å². The fourth-order valence-electron chi connectivity index (χ4n) is 1.16. The predicted octanol–water partition coefficient (Wildman–Crippen LogP) is 1.24. The van der Waals surface area contributed by atoms with Gasteiger partial charge in [0.2, 0.25) is 0 Å². The van der Waals surface area contributed by atoms with Gasteiger partial charge in [-0.25, -0.2) is 9.97 Å². The molecule has 5 nitrogen and oxygen atoms in total. The van der Waals surface area contributed by atoms with Gasteiger partial charge in [0.25, 0.3) is 6.41 Å². The highest BCUT2D eigenvalue weighted by Gasteiger charge is 2.05. The van der Waals surface area contributed by atoms with Crippen LogP contribution in [-0.4, -0.2) is 21.5 Å². The molecule has 1 atom stereocenters. The Labute approximate surface area is 92.8 Å². The van der Waals surface area contributed by atoms with Gasteiger partial charge in [-0.3, -0.25) is 0 Å². The van der Waals surface area contributed by atoms with Crippen LogP contribution in [0.25, 0.3) is 0 Å². The smallest absolute Gasteiger partial charge is 0.280 e. The first-order valence-corrected chi connectivity index (χ1v) is 4.77. The van der Waals surface area contributed by atoms with Gasteiger partial charge in [0.05, 0.1) is 0 Å². The summed E-state index contributed by atoms with van der Waals surface area (Å²) in [6.07, 6.45) is 1.82. The summed E-state index contributed by atoms with van der Waals surface area (Å²) in [5.41, 5.74) is 0. The molecule has 1 aromatic heterocycles. The monoisotopic (exact) mass is 217 g/mol. The van der Waals surface area contributed by atoms with E-state index in [1.165, 1.54) is 6.33 Å². The lowest BCUT2D eigenvalue weighted by molar-refractivity contribution is 0.00743. The molecule has 0 spiro atoms. The van der Waals surface area contributed by atoms with Crippen LogP contribution in [0.5, 0.6) is 5.75 Å². The first-order valence-electron chi connectivity index (χ1n) is 4.77. The molecule has 0 aliphatic rings. The van der Waals surface area contributed by atoms with E-state index in [0.29, 0.717) is 11.6 Å². The Kier molecular flexibility index (Phi) is 3.30. The van der Waals surface area contributed by atoms with E-state index in [1.54, 1.807) is 24.4 Å². The minimum absolute atomic E-state index is 0.499. The summed E-state index contributed by atoms with van der Waals surface area (Å²) in [5.74, 6) is 1.08.